The lowest BCUT2D eigenvalue weighted by Gasteiger charge is -2.35. The van der Waals surface area contributed by atoms with Crippen LogP contribution < -0.4 is 10.6 Å². The van der Waals surface area contributed by atoms with E-state index < -0.39 is 0 Å². The van der Waals surface area contributed by atoms with Crippen LogP contribution in [0.2, 0.25) is 0 Å². The van der Waals surface area contributed by atoms with Crippen LogP contribution in [0.3, 0.4) is 0 Å². The molecule has 4 fully saturated rings. The van der Waals surface area contributed by atoms with E-state index in [2.05, 4.69) is 15.5 Å². The minimum absolute atomic E-state index is 0.0380. The third kappa shape index (κ3) is 2.95. The third-order valence-electron chi connectivity index (χ3n) is 5.36. The van der Waals surface area contributed by atoms with E-state index in [9.17, 15) is 9.90 Å². The average Bonchev–Trinajstić information content (AvgIpc) is 3.10. The molecule has 0 bridgehead atoms. The van der Waals surface area contributed by atoms with Crippen molar-refractivity contribution < 1.29 is 14.6 Å². The predicted octanol–water partition coefficient (Wildman–Crippen LogP) is -0.923. The van der Waals surface area contributed by atoms with Crippen LogP contribution >= 0.6 is 0 Å². The zero-order chi connectivity index (χ0) is 14.4. The maximum atomic E-state index is 12.2. The monoisotopic (exact) mass is 295 g/mol. The van der Waals surface area contributed by atoms with Crippen LogP contribution in [0, 0.1) is 5.92 Å². The fourth-order valence-electron chi connectivity index (χ4n) is 3.98. The van der Waals surface area contributed by atoms with E-state index in [4.69, 9.17) is 4.74 Å². The lowest BCUT2D eigenvalue weighted by atomic mass is 10.1. The summed E-state index contributed by atoms with van der Waals surface area (Å²) < 4.78 is 5.98. The topological polar surface area (TPSA) is 73.8 Å². The van der Waals surface area contributed by atoms with Gasteiger partial charge < -0.3 is 20.5 Å². The first kappa shape index (κ1) is 13.9. The van der Waals surface area contributed by atoms with Crippen LogP contribution in [-0.4, -0.2) is 72.5 Å². The molecule has 6 heteroatoms. The second-order valence-corrected chi connectivity index (χ2v) is 7.11. The summed E-state index contributed by atoms with van der Waals surface area (Å²) in [5, 5.41) is 15.7. The van der Waals surface area contributed by atoms with Crippen molar-refractivity contribution in [3.8, 4) is 0 Å². The fourth-order valence-corrected chi connectivity index (χ4v) is 3.98. The number of carbonyl (C=O) groups excluding carboxylic acids is 1. The van der Waals surface area contributed by atoms with E-state index in [1.807, 2.05) is 0 Å². The van der Waals surface area contributed by atoms with Gasteiger partial charge in [0.2, 0.25) is 5.91 Å². The molecular formula is C15H25N3O3. The number of ether oxygens (including phenoxy) is 1. The average molecular weight is 295 g/mol. The first-order chi connectivity index (χ1) is 10.2. The van der Waals surface area contributed by atoms with Crippen molar-refractivity contribution in [3.05, 3.63) is 0 Å². The van der Waals surface area contributed by atoms with Gasteiger partial charge in [-0.3, -0.25) is 9.69 Å². The van der Waals surface area contributed by atoms with Gasteiger partial charge in [0, 0.05) is 31.7 Å². The van der Waals surface area contributed by atoms with Crippen LogP contribution in [0.25, 0.3) is 0 Å². The summed E-state index contributed by atoms with van der Waals surface area (Å²) in [4.78, 5) is 14.7. The van der Waals surface area contributed by atoms with Crippen LogP contribution in [-0.2, 0) is 9.53 Å². The van der Waals surface area contributed by atoms with Crippen LogP contribution in [0.4, 0.5) is 0 Å². The smallest absolute Gasteiger partial charge is 0.237 e. The maximum absolute atomic E-state index is 12.2. The lowest BCUT2D eigenvalue weighted by molar-refractivity contribution is -0.123. The summed E-state index contributed by atoms with van der Waals surface area (Å²) in [5.41, 5.74) is 0. The number of fused-ring (bicyclic) bond motifs is 1. The zero-order valence-electron chi connectivity index (χ0n) is 12.3. The molecule has 118 valence electrons. The van der Waals surface area contributed by atoms with Crippen molar-refractivity contribution in [1.29, 1.82) is 0 Å². The Kier molecular flexibility index (Phi) is 3.65. The summed E-state index contributed by atoms with van der Waals surface area (Å²) in [6.07, 6.45) is 4.18. The molecule has 0 unspecified atom stereocenters. The van der Waals surface area contributed by atoms with Gasteiger partial charge in [-0.2, -0.15) is 0 Å². The summed E-state index contributed by atoms with van der Waals surface area (Å²) >= 11 is 0. The van der Waals surface area contributed by atoms with Crippen LogP contribution in [0.5, 0.6) is 0 Å². The van der Waals surface area contributed by atoms with Crippen molar-refractivity contribution >= 4 is 5.91 Å². The minimum Gasteiger partial charge on any atom is -0.392 e. The van der Waals surface area contributed by atoms with Crippen molar-refractivity contribution in [3.63, 3.8) is 0 Å². The number of hydrogen-bond donors (Lipinski definition) is 3. The molecule has 0 radical (unpaired) electrons. The quantitative estimate of drug-likeness (QED) is 0.628. The number of carbonyl (C=O) groups is 1. The van der Waals surface area contributed by atoms with Gasteiger partial charge in [0.1, 0.15) is 0 Å². The van der Waals surface area contributed by atoms with Crippen molar-refractivity contribution in [2.75, 3.05) is 26.2 Å². The van der Waals surface area contributed by atoms with E-state index in [0.29, 0.717) is 25.1 Å². The zero-order valence-corrected chi connectivity index (χ0v) is 12.3. The Bertz CT molecular complexity index is 415. The van der Waals surface area contributed by atoms with Crippen LogP contribution in [0.1, 0.15) is 25.7 Å². The van der Waals surface area contributed by atoms with Crippen LogP contribution in [0.15, 0.2) is 0 Å². The van der Waals surface area contributed by atoms with E-state index in [1.54, 1.807) is 0 Å². The summed E-state index contributed by atoms with van der Waals surface area (Å²) in [7, 11) is 0. The van der Waals surface area contributed by atoms with Crippen molar-refractivity contribution in [2.45, 2.75) is 56.0 Å². The van der Waals surface area contributed by atoms with Crippen molar-refractivity contribution in [2.24, 2.45) is 5.92 Å². The van der Waals surface area contributed by atoms with Gasteiger partial charge in [0.25, 0.3) is 0 Å². The Morgan fingerprint density at radius 3 is 2.86 bits per heavy atom. The summed E-state index contributed by atoms with van der Waals surface area (Å²) in [6, 6.07) is 0.462. The number of β-amino-alcohol motifs (C(OH)–C–C–N with tert-alkyl or cyclic N) is 1. The number of hydrogen-bond acceptors (Lipinski definition) is 5. The van der Waals surface area contributed by atoms with Gasteiger partial charge in [0.05, 0.1) is 24.9 Å². The molecule has 21 heavy (non-hydrogen) atoms. The molecule has 1 saturated carbocycles. The molecule has 1 aliphatic carbocycles. The Morgan fingerprint density at radius 2 is 2.14 bits per heavy atom. The molecule has 6 nitrogen and oxygen atoms in total. The Balaban J connectivity index is 1.29. The van der Waals surface area contributed by atoms with Gasteiger partial charge in [-0.25, -0.2) is 0 Å². The van der Waals surface area contributed by atoms with E-state index >= 15 is 0 Å². The highest BCUT2D eigenvalue weighted by atomic mass is 16.5. The molecule has 0 aromatic rings. The molecule has 0 aromatic heterocycles. The number of rotatable bonds is 3. The van der Waals surface area contributed by atoms with E-state index in [-0.39, 0.29) is 24.1 Å². The highest BCUT2D eigenvalue weighted by molar-refractivity contribution is 5.82. The molecule has 4 rings (SSSR count). The predicted molar refractivity (Wildman–Crippen MR) is 76.8 cm³/mol. The number of aliphatic hydroxyl groups excluding tert-OH is 1. The SMILES string of the molecule is O=C(N[C@@H]1C[C@H]2CO[C@@H](C3CC3)CN2C1)[C@@H]1C[C@@H](O)CN1. The Labute approximate surface area is 125 Å². The van der Waals surface area contributed by atoms with E-state index in [1.165, 1.54) is 12.8 Å². The molecule has 3 N–H and O–H groups in total. The van der Waals surface area contributed by atoms with Gasteiger partial charge in [-0.15, -0.1) is 0 Å². The molecule has 1 amide bonds. The first-order valence-electron chi connectivity index (χ1n) is 8.26. The Hall–Kier alpha value is -0.690. The second-order valence-electron chi connectivity index (χ2n) is 7.11. The highest BCUT2D eigenvalue weighted by Gasteiger charge is 2.43. The number of nitrogens with one attached hydrogen (secondary N) is 2. The highest BCUT2D eigenvalue weighted by Crippen LogP contribution is 2.37. The lowest BCUT2D eigenvalue weighted by Crippen LogP contribution is -2.48. The van der Waals surface area contributed by atoms with Gasteiger partial charge in [-0.1, -0.05) is 0 Å². The number of aliphatic hydroxyl groups is 1. The molecule has 3 heterocycles. The summed E-state index contributed by atoms with van der Waals surface area (Å²) in [5.74, 6) is 0.819. The maximum Gasteiger partial charge on any atom is 0.237 e. The molecule has 3 saturated heterocycles. The Morgan fingerprint density at radius 1 is 1.29 bits per heavy atom. The second kappa shape index (κ2) is 5.50. The van der Waals surface area contributed by atoms with Gasteiger partial charge in [-0.05, 0) is 31.6 Å². The molecule has 4 aliphatic rings. The third-order valence-corrected chi connectivity index (χ3v) is 5.36. The molecule has 5 atom stereocenters. The normalized spacial score (nSPS) is 43.8. The number of nitrogens with zero attached hydrogens (tertiary/aromatic N) is 1. The molecule has 0 spiro atoms. The fraction of sp³-hybridized carbons (Fsp3) is 0.933. The first-order valence-corrected chi connectivity index (χ1v) is 8.26. The summed E-state index contributed by atoms with van der Waals surface area (Å²) in [6.45, 7) is 3.31. The van der Waals surface area contributed by atoms with Gasteiger partial charge in [0.15, 0.2) is 0 Å². The standard InChI is InChI=1S/C15H25N3O3/c19-12-4-13(16-5-12)15(20)17-10-3-11-8-21-14(9-1-2-9)7-18(11)6-10/h9-14,16,19H,1-8H2,(H,17,20)/t10-,11+,12-,13+,14-/m1/s1. The minimum atomic E-state index is -0.386. The number of morpholine rings is 1. The van der Waals surface area contributed by atoms with E-state index in [0.717, 1.165) is 32.0 Å². The molecular weight excluding hydrogens is 270 g/mol. The van der Waals surface area contributed by atoms with Gasteiger partial charge >= 0.3 is 0 Å². The molecule has 0 aromatic carbocycles. The molecule has 3 aliphatic heterocycles. The largest absolute Gasteiger partial charge is 0.392 e. The van der Waals surface area contributed by atoms with Crippen molar-refractivity contribution in [1.82, 2.24) is 15.5 Å². The number of amides is 1.